The van der Waals surface area contributed by atoms with Gasteiger partial charge in [-0.15, -0.1) is 0 Å². The van der Waals surface area contributed by atoms with E-state index >= 15 is 0 Å². The molecule has 0 radical (unpaired) electrons. The molecule has 0 fully saturated rings. The third-order valence-corrected chi connectivity index (χ3v) is 5.74. The topological polar surface area (TPSA) is 101 Å². The van der Waals surface area contributed by atoms with E-state index in [9.17, 15) is 18.0 Å². The van der Waals surface area contributed by atoms with Gasteiger partial charge >= 0.3 is 5.97 Å². The monoisotopic (exact) mass is 375 g/mol. The van der Waals surface area contributed by atoms with E-state index in [1.807, 2.05) is 0 Å². The highest BCUT2D eigenvalue weighted by molar-refractivity contribution is 7.91. The number of amides is 1. The molecule has 0 bridgehead atoms. The molecule has 1 unspecified atom stereocenters. The van der Waals surface area contributed by atoms with Gasteiger partial charge < -0.3 is 10.4 Å². The Morgan fingerprint density at radius 1 is 1.12 bits per heavy atom. The van der Waals surface area contributed by atoms with Gasteiger partial charge in [0.2, 0.25) is 0 Å². The fourth-order valence-electron chi connectivity index (χ4n) is 2.37. The van der Waals surface area contributed by atoms with Crippen molar-refractivity contribution in [1.29, 1.82) is 0 Å². The van der Waals surface area contributed by atoms with E-state index in [0.29, 0.717) is 12.1 Å². The number of carboxylic acid groups (broad SMARTS) is 1. The molecule has 0 aliphatic heterocycles. The summed E-state index contributed by atoms with van der Waals surface area (Å²) in [7, 11) is -3.38. The summed E-state index contributed by atoms with van der Waals surface area (Å²) >= 11 is 0. The van der Waals surface area contributed by atoms with Gasteiger partial charge in [-0.25, -0.2) is 8.42 Å². The lowest BCUT2D eigenvalue weighted by atomic mass is 10.0. The molecule has 2 rings (SSSR count). The maximum Gasteiger partial charge on any atom is 0.306 e. The molecule has 1 atom stereocenters. The maximum absolute atomic E-state index is 12.3. The Kier molecular flexibility index (Phi) is 6.15. The van der Waals surface area contributed by atoms with Crippen molar-refractivity contribution in [3.63, 3.8) is 0 Å². The highest BCUT2D eigenvalue weighted by atomic mass is 32.2. The summed E-state index contributed by atoms with van der Waals surface area (Å²) in [5.74, 6) is -1.79. The van der Waals surface area contributed by atoms with Crippen LogP contribution in [0.5, 0.6) is 0 Å². The molecule has 0 saturated heterocycles. The second-order valence-corrected chi connectivity index (χ2v) is 8.30. The second kappa shape index (κ2) is 8.14. The Morgan fingerprint density at radius 2 is 1.77 bits per heavy atom. The average molecular weight is 375 g/mol. The molecule has 2 N–H and O–H groups in total. The average Bonchev–Trinajstić information content (AvgIpc) is 2.63. The molecule has 6 nitrogen and oxygen atoms in total. The number of carbonyl (C=O) groups is 2. The first-order valence-corrected chi connectivity index (χ1v) is 9.84. The number of hydrogen-bond donors (Lipinski definition) is 2. The lowest BCUT2D eigenvalue weighted by Crippen LogP contribution is -2.14. The zero-order valence-electron chi connectivity index (χ0n) is 14.6. The van der Waals surface area contributed by atoms with Crippen LogP contribution in [0.4, 0.5) is 5.69 Å². The van der Waals surface area contributed by atoms with Gasteiger partial charge in [0.05, 0.1) is 16.6 Å². The van der Waals surface area contributed by atoms with Crippen LogP contribution in [-0.2, 0) is 21.1 Å². The van der Waals surface area contributed by atoms with Gasteiger partial charge in [0.15, 0.2) is 9.84 Å². The van der Waals surface area contributed by atoms with Crippen LogP contribution in [0.15, 0.2) is 53.4 Å². The first-order valence-electron chi connectivity index (χ1n) is 8.19. The summed E-state index contributed by atoms with van der Waals surface area (Å²) in [4.78, 5) is 23.4. The van der Waals surface area contributed by atoms with E-state index in [4.69, 9.17) is 5.11 Å². The minimum absolute atomic E-state index is 0.0334. The third-order valence-electron chi connectivity index (χ3n) is 4.01. The maximum atomic E-state index is 12.3. The molecule has 0 aliphatic carbocycles. The Balaban J connectivity index is 2.11. The summed E-state index contributed by atoms with van der Waals surface area (Å²) in [5.41, 5.74) is 1.66. The number of benzene rings is 2. The van der Waals surface area contributed by atoms with Crippen molar-refractivity contribution in [2.45, 2.75) is 25.2 Å². The van der Waals surface area contributed by atoms with Crippen LogP contribution in [0.25, 0.3) is 0 Å². The second-order valence-electron chi connectivity index (χ2n) is 6.03. The van der Waals surface area contributed by atoms with Gasteiger partial charge in [0.25, 0.3) is 5.91 Å². The minimum atomic E-state index is -3.38. The SMILES string of the molecule is CCS(=O)(=O)c1cccc(C(=O)Nc2ccc(CC(C)C(=O)O)cc2)c1. The van der Waals surface area contributed by atoms with Crippen molar-refractivity contribution in [1.82, 2.24) is 0 Å². The number of aliphatic carboxylic acids is 1. The predicted octanol–water partition coefficient (Wildman–Crippen LogP) is 3.00. The molecular weight excluding hydrogens is 354 g/mol. The van der Waals surface area contributed by atoms with Crippen LogP contribution in [0.1, 0.15) is 29.8 Å². The van der Waals surface area contributed by atoms with Crippen LogP contribution in [0.2, 0.25) is 0 Å². The molecule has 0 spiro atoms. The van der Waals surface area contributed by atoms with E-state index < -0.39 is 27.6 Å². The van der Waals surface area contributed by atoms with Crippen molar-refractivity contribution in [2.75, 3.05) is 11.1 Å². The lowest BCUT2D eigenvalue weighted by molar-refractivity contribution is -0.141. The first-order chi connectivity index (χ1) is 12.2. The fourth-order valence-corrected chi connectivity index (χ4v) is 3.29. The minimum Gasteiger partial charge on any atom is -0.481 e. The van der Waals surface area contributed by atoms with Crippen LogP contribution >= 0.6 is 0 Å². The molecule has 138 valence electrons. The van der Waals surface area contributed by atoms with E-state index in [1.54, 1.807) is 44.2 Å². The number of sulfone groups is 1. The van der Waals surface area contributed by atoms with Crippen molar-refractivity contribution >= 4 is 27.4 Å². The fraction of sp³-hybridized carbons (Fsp3) is 0.263. The molecule has 26 heavy (non-hydrogen) atoms. The smallest absolute Gasteiger partial charge is 0.306 e. The number of rotatable bonds is 7. The van der Waals surface area contributed by atoms with Crippen molar-refractivity contribution in [2.24, 2.45) is 5.92 Å². The molecule has 0 aliphatic rings. The summed E-state index contributed by atoms with van der Waals surface area (Å²) in [6.07, 6.45) is 0.403. The van der Waals surface area contributed by atoms with E-state index in [2.05, 4.69) is 5.32 Å². The summed E-state index contributed by atoms with van der Waals surface area (Å²) < 4.78 is 23.9. The predicted molar refractivity (Wildman–Crippen MR) is 99.1 cm³/mol. The number of carboxylic acids is 1. The van der Waals surface area contributed by atoms with Crippen LogP contribution in [0, 0.1) is 5.92 Å². The van der Waals surface area contributed by atoms with Crippen LogP contribution in [-0.4, -0.2) is 31.2 Å². The number of nitrogens with one attached hydrogen (secondary N) is 1. The molecular formula is C19H21NO5S. The van der Waals surface area contributed by atoms with Gasteiger partial charge in [-0.1, -0.05) is 32.0 Å². The van der Waals surface area contributed by atoms with E-state index in [-0.39, 0.29) is 16.2 Å². The Labute approximate surface area is 152 Å². The zero-order valence-corrected chi connectivity index (χ0v) is 15.4. The standard InChI is InChI=1S/C19H21NO5S/c1-3-26(24,25)17-6-4-5-15(12-17)18(21)20-16-9-7-14(8-10-16)11-13(2)19(22)23/h4-10,12-13H,3,11H2,1-2H3,(H,20,21)(H,22,23). The third kappa shape index (κ3) is 4.92. The Hall–Kier alpha value is -2.67. The summed E-state index contributed by atoms with van der Waals surface area (Å²) in [5, 5.41) is 11.6. The normalized spacial score (nSPS) is 12.4. The first kappa shape index (κ1) is 19.7. The van der Waals surface area contributed by atoms with E-state index in [0.717, 1.165) is 5.56 Å². The molecule has 2 aromatic carbocycles. The number of anilines is 1. The van der Waals surface area contributed by atoms with Crippen molar-refractivity contribution in [3.8, 4) is 0 Å². The highest BCUT2D eigenvalue weighted by Crippen LogP contribution is 2.17. The van der Waals surface area contributed by atoms with Gasteiger partial charge in [-0.05, 0) is 42.3 Å². The quantitative estimate of drug-likeness (QED) is 0.775. The van der Waals surface area contributed by atoms with Gasteiger partial charge in [-0.2, -0.15) is 0 Å². The molecule has 2 aromatic rings. The zero-order chi connectivity index (χ0) is 19.3. The number of hydrogen-bond acceptors (Lipinski definition) is 4. The van der Waals surface area contributed by atoms with Gasteiger partial charge in [0.1, 0.15) is 0 Å². The molecule has 0 aromatic heterocycles. The highest BCUT2D eigenvalue weighted by Gasteiger charge is 2.15. The lowest BCUT2D eigenvalue weighted by Gasteiger charge is -2.09. The van der Waals surface area contributed by atoms with Gasteiger partial charge in [-0.3, -0.25) is 9.59 Å². The van der Waals surface area contributed by atoms with Crippen molar-refractivity contribution in [3.05, 3.63) is 59.7 Å². The van der Waals surface area contributed by atoms with Crippen LogP contribution in [0.3, 0.4) is 0 Å². The largest absolute Gasteiger partial charge is 0.481 e. The number of carbonyl (C=O) groups excluding carboxylic acids is 1. The molecule has 0 saturated carbocycles. The molecule has 0 heterocycles. The molecule has 1 amide bonds. The summed E-state index contributed by atoms with van der Waals surface area (Å²) in [6.45, 7) is 3.18. The summed E-state index contributed by atoms with van der Waals surface area (Å²) in [6, 6.07) is 12.8. The van der Waals surface area contributed by atoms with Crippen LogP contribution < -0.4 is 5.32 Å². The Bertz CT molecular complexity index is 904. The van der Waals surface area contributed by atoms with Gasteiger partial charge in [0, 0.05) is 11.3 Å². The molecule has 7 heteroatoms. The van der Waals surface area contributed by atoms with Crippen molar-refractivity contribution < 1.29 is 23.1 Å². The van der Waals surface area contributed by atoms with E-state index in [1.165, 1.54) is 18.2 Å². The Morgan fingerprint density at radius 3 is 2.35 bits per heavy atom.